The van der Waals surface area contributed by atoms with Crippen LogP contribution in [0.4, 0.5) is 0 Å². The summed E-state index contributed by atoms with van der Waals surface area (Å²) in [4.78, 5) is 0. The van der Waals surface area contributed by atoms with Crippen molar-refractivity contribution in [3.8, 4) is 0 Å². The molecular weight excluding hydrogens is 230 g/mol. The Balaban J connectivity index is 2.15. The van der Waals surface area contributed by atoms with Gasteiger partial charge in [0.1, 0.15) is 4.75 Å². The van der Waals surface area contributed by atoms with Gasteiger partial charge in [0.05, 0.1) is 6.04 Å². The molecule has 1 aromatic rings. The van der Waals surface area contributed by atoms with E-state index in [1.807, 2.05) is 20.8 Å². The van der Waals surface area contributed by atoms with Gasteiger partial charge in [-0.3, -0.25) is 0 Å². The maximum Gasteiger partial charge on any atom is 0.136 e. The van der Waals surface area contributed by atoms with Gasteiger partial charge in [0.2, 0.25) is 0 Å². The molecule has 0 aliphatic heterocycles. The highest BCUT2D eigenvalue weighted by molar-refractivity contribution is 7.90. The van der Waals surface area contributed by atoms with Gasteiger partial charge in [0, 0.05) is 11.4 Å². The first-order valence-electron chi connectivity index (χ1n) is 6.16. The first-order valence-corrected chi connectivity index (χ1v) is 7.31. The van der Waals surface area contributed by atoms with Gasteiger partial charge >= 0.3 is 0 Å². The van der Waals surface area contributed by atoms with Crippen LogP contribution in [0.15, 0.2) is 18.2 Å². The van der Waals surface area contributed by atoms with E-state index in [0.717, 1.165) is 12.8 Å². The molecule has 17 heavy (non-hydrogen) atoms. The van der Waals surface area contributed by atoms with Crippen LogP contribution in [0.25, 0.3) is 0 Å². The van der Waals surface area contributed by atoms with E-state index in [1.54, 1.807) is 0 Å². The van der Waals surface area contributed by atoms with Crippen LogP contribution in [-0.4, -0.2) is 9.30 Å². The fraction of sp³-hybridized carbons (Fsp3) is 0.571. The minimum absolute atomic E-state index is 0.202. The third kappa shape index (κ3) is 2.67. The van der Waals surface area contributed by atoms with Gasteiger partial charge in [-0.1, -0.05) is 18.2 Å². The molecule has 0 saturated heterocycles. The highest BCUT2D eigenvalue weighted by Crippen LogP contribution is 2.34. The van der Waals surface area contributed by atoms with Crippen LogP contribution >= 0.6 is 0 Å². The number of benzene rings is 1. The number of hydrogen-bond acceptors (Lipinski definition) is 2. The number of nitrogens with one attached hydrogen (secondary N) is 1. The summed E-state index contributed by atoms with van der Waals surface area (Å²) in [7, 11) is 0. The summed E-state index contributed by atoms with van der Waals surface area (Å²) in [5, 5.41) is 0. The van der Waals surface area contributed by atoms with E-state index in [0.29, 0.717) is 0 Å². The van der Waals surface area contributed by atoms with Crippen molar-refractivity contribution in [1.29, 1.82) is 0 Å². The fourth-order valence-corrected chi connectivity index (χ4v) is 3.12. The van der Waals surface area contributed by atoms with Crippen LogP contribution in [0.2, 0.25) is 0 Å². The lowest BCUT2D eigenvalue weighted by Crippen LogP contribution is -2.40. The van der Waals surface area contributed by atoms with Crippen LogP contribution in [0, 0.1) is 6.92 Å². The van der Waals surface area contributed by atoms with E-state index < -0.39 is 11.4 Å². The van der Waals surface area contributed by atoms with Gasteiger partial charge in [-0.05, 0) is 57.2 Å². The Labute approximate surface area is 107 Å². The summed E-state index contributed by atoms with van der Waals surface area (Å²) < 4.78 is 15.2. The molecule has 2 nitrogen and oxygen atoms in total. The average Bonchev–Trinajstić information content (AvgIpc) is 2.62. The molecule has 94 valence electrons. The predicted octanol–water partition coefficient (Wildman–Crippen LogP) is 3.03. The smallest absolute Gasteiger partial charge is 0.136 e. The number of aryl methyl sites for hydroxylation is 1. The van der Waals surface area contributed by atoms with Crippen molar-refractivity contribution < 1.29 is 4.55 Å². The molecule has 0 fully saturated rings. The van der Waals surface area contributed by atoms with Gasteiger partial charge in [-0.15, -0.1) is 4.72 Å². The van der Waals surface area contributed by atoms with Crippen LogP contribution < -0.4 is 4.72 Å². The number of rotatable bonds is 2. The third-order valence-corrected chi connectivity index (χ3v) is 4.92. The monoisotopic (exact) mass is 251 g/mol. The standard InChI is InChI=1S/C14H21NOS/c1-10-6-5-7-12-11(10)8-9-13(12)15-17(16)14(2,3)4/h5-7,13,15H,8-9H2,1-4H3/t13-,17?/m0/s1. The molecule has 1 unspecified atom stereocenters. The first-order chi connectivity index (χ1) is 7.89. The number of hydrogen-bond donors (Lipinski definition) is 1. The molecular formula is C14H21NOS. The van der Waals surface area contributed by atoms with E-state index in [2.05, 4.69) is 29.8 Å². The fourth-order valence-electron chi connectivity index (χ4n) is 2.27. The summed E-state index contributed by atoms with van der Waals surface area (Å²) in [6, 6.07) is 6.66. The lowest BCUT2D eigenvalue weighted by molar-refractivity contribution is 0.522. The summed E-state index contributed by atoms with van der Waals surface area (Å²) in [5.41, 5.74) is 4.13. The SMILES string of the molecule is Cc1cccc2c1CC[C@@H]2N[S+]([O-])C(C)(C)C. The zero-order valence-electron chi connectivity index (χ0n) is 11.0. The molecule has 1 aromatic carbocycles. The third-order valence-electron chi connectivity index (χ3n) is 3.31. The van der Waals surface area contributed by atoms with E-state index in [4.69, 9.17) is 0 Å². The van der Waals surface area contributed by atoms with Gasteiger partial charge < -0.3 is 4.55 Å². The van der Waals surface area contributed by atoms with Gasteiger partial charge in [-0.25, -0.2) is 0 Å². The highest BCUT2D eigenvalue weighted by Gasteiger charge is 2.32. The molecule has 0 radical (unpaired) electrons. The minimum atomic E-state index is -0.991. The topological polar surface area (TPSA) is 35.1 Å². The van der Waals surface area contributed by atoms with Crippen molar-refractivity contribution in [2.45, 2.75) is 51.3 Å². The predicted molar refractivity (Wildman–Crippen MR) is 73.3 cm³/mol. The quantitative estimate of drug-likeness (QED) is 0.820. The van der Waals surface area contributed by atoms with Crippen molar-refractivity contribution >= 4 is 11.4 Å². The second kappa shape index (κ2) is 4.63. The normalized spacial score (nSPS) is 21.4. The molecule has 0 saturated carbocycles. The highest BCUT2D eigenvalue weighted by atomic mass is 32.2. The van der Waals surface area contributed by atoms with Crippen molar-refractivity contribution in [1.82, 2.24) is 4.72 Å². The molecule has 0 bridgehead atoms. The van der Waals surface area contributed by atoms with Crippen molar-refractivity contribution in [3.63, 3.8) is 0 Å². The molecule has 1 aliphatic carbocycles. The maximum atomic E-state index is 12.1. The zero-order valence-corrected chi connectivity index (χ0v) is 11.9. The Kier molecular flexibility index (Phi) is 3.53. The van der Waals surface area contributed by atoms with Gasteiger partial charge in [0.15, 0.2) is 0 Å². The Morgan fingerprint density at radius 3 is 2.71 bits per heavy atom. The van der Waals surface area contributed by atoms with E-state index in [9.17, 15) is 4.55 Å². The van der Waals surface area contributed by atoms with Crippen LogP contribution in [0.1, 0.15) is 49.9 Å². The first kappa shape index (κ1) is 12.9. The molecule has 0 amide bonds. The van der Waals surface area contributed by atoms with Crippen molar-refractivity contribution in [2.75, 3.05) is 0 Å². The molecule has 1 N–H and O–H groups in total. The van der Waals surface area contributed by atoms with Crippen LogP contribution in [0.5, 0.6) is 0 Å². The van der Waals surface area contributed by atoms with Crippen molar-refractivity contribution in [3.05, 3.63) is 34.9 Å². The van der Waals surface area contributed by atoms with Crippen LogP contribution in [0.3, 0.4) is 0 Å². The maximum absolute atomic E-state index is 12.1. The second-order valence-electron chi connectivity index (χ2n) is 5.73. The van der Waals surface area contributed by atoms with E-state index in [1.165, 1.54) is 16.7 Å². The lowest BCUT2D eigenvalue weighted by atomic mass is 10.0. The Hall–Kier alpha value is -0.510. The Bertz CT molecular complexity index is 411. The number of fused-ring (bicyclic) bond motifs is 1. The summed E-state index contributed by atoms with van der Waals surface area (Å²) in [6.45, 7) is 8.16. The molecule has 0 heterocycles. The largest absolute Gasteiger partial charge is 0.598 e. The molecule has 0 aromatic heterocycles. The summed E-state index contributed by atoms with van der Waals surface area (Å²) in [6.07, 6.45) is 2.16. The van der Waals surface area contributed by atoms with Crippen LogP contribution in [-0.2, 0) is 17.8 Å². The summed E-state index contributed by atoms with van der Waals surface area (Å²) in [5.74, 6) is 0. The zero-order chi connectivity index (χ0) is 12.6. The molecule has 3 heteroatoms. The molecule has 0 spiro atoms. The van der Waals surface area contributed by atoms with Gasteiger partial charge in [-0.2, -0.15) is 0 Å². The Morgan fingerprint density at radius 2 is 2.06 bits per heavy atom. The van der Waals surface area contributed by atoms with E-state index >= 15 is 0 Å². The second-order valence-corrected chi connectivity index (χ2v) is 7.73. The lowest BCUT2D eigenvalue weighted by Gasteiger charge is -2.26. The molecule has 1 aliphatic rings. The molecule has 2 rings (SSSR count). The van der Waals surface area contributed by atoms with Crippen molar-refractivity contribution in [2.24, 2.45) is 0 Å². The average molecular weight is 251 g/mol. The van der Waals surface area contributed by atoms with Gasteiger partial charge in [0.25, 0.3) is 0 Å². The molecule has 2 atom stereocenters. The van der Waals surface area contributed by atoms with E-state index in [-0.39, 0.29) is 10.8 Å². The summed E-state index contributed by atoms with van der Waals surface area (Å²) >= 11 is -0.991. The Morgan fingerprint density at radius 1 is 1.35 bits per heavy atom. The minimum Gasteiger partial charge on any atom is -0.598 e.